The van der Waals surface area contributed by atoms with Gasteiger partial charge in [0.15, 0.2) is 0 Å². The van der Waals surface area contributed by atoms with Gasteiger partial charge in [0.05, 0.1) is 0 Å². The van der Waals surface area contributed by atoms with Crippen LogP contribution in [-0.4, -0.2) is 13.0 Å². The van der Waals surface area contributed by atoms with Gasteiger partial charge in [0.2, 0.25) is 0 Å². The zero-order valence-corrected chi connectivity index (χ0v) is 19.8. The molecule has 0 atom stereocenters. The fourth-order valence-corrected chi connectivity index (χ4v) is 5.09. The van der Waals surface area contributed by atoms with Gasteiger partial charge in [0.1, 0.15) is 4.90 Å². The summed E-state index contributed by atoms with van der Waals surface area (Å²) in [5.74, 6) is 0. The summed E-state index contributed by atoms with van der Waals surface area (Å²) in [5, 5.41) is 1.63. The first-order chi connectivity index (χ1) is 14.5. The van der Waals surface area contributed by atoms with E-state index in [-0.39, 0.29) is 4.90 Å². The van der Waals surface area contributed by atoms with Crippen LogP contribution in [0, 0.1) is 0 Å². The first kappa shape index (κ1) is 24.9. The number of fused-ring (bicyclic) bond motifs is 1. The fraction of sp³-hybridized carbons (Fsp3) is 0.615. The molecule has 0 saturated carbocycles. The van der Waals surface area contributed by atoms with Crippen molar-refractivity contribution in [3.8, 4) is 0 Å². The van der Waals surface area contributed by atoms with Crippen LogP contribution in [0.15, 0.2) is 35.2 Å². The maximum absolute atomic E-state index is 12.2. The van der Waals surface area contributed by atoms with E-state index in [0.717, 1.165) is 55.0 Å². The average Bonchev–Trinajstić information content (AvgIpc) is 2.72. The summed E-state index contributed by atoms with van der Waals surface area (Å²) in [6.07, 6.45) is 16.2. The largest absolute Gasteiger partial charge is 0.295 e. The number of rotatable bonds is 15. The highest BCUT2D eigenvalue weighted by atomic mass is 32.2. The first-order valence-electron chi connectivity index (χ1n) is 12.0. The van der Waals surface area contributed by atoms with Crippen LogP contribution in [0.2, 0.25) is 0 Å². The summed E-state index contributed by atoms with van der Waals surface area (Å²) < 4.78 is 34.4. The molecule has 2 aromatic carbocycles. The second-order valence-corrected chi connectivity index (χ2v) is 10.0. The van der Waals surface area contributed by atoms with Crippen molar-refractivity contribution >= 4 is 20.9 Å². The number of hydrogen-bond donors (Lipinski definition) is 1. The Labute approximate surface area is 184 Å². The molecule has 0 unspecified atom stereocenters. The van der Waals surface area contributed by atoms with E-state index < -0.39 is 10.1 Å². The second-order valence-electron chi connectivity index (χ2n) is 8.62. The van der Waals surface area contributed by atoms with Crippen LogP contribution < -0.4 is 0 Å². The smallest absolute Gasteiger partial charge is 0.282 e. The van der Waals surface area contributed by atoms with E-state index in [1.807, 2.05) is 18.2 Å². The van der Waals surface area contributed by atoms with Crippen LogP contribution in [0.5, 0.6) is 0 Å². The van der Waals surface area contributed by atoms with Gasteiger partial charge in [-0.25, -0.2) is 0 Å². The fourth-order valence-electron chi connectivity index (χ4n) is 4.28. The molecular formula is C26H40O3S. The summed E-state index contributed by atoms with van der Waals surface area (Å²) in [7, 11) is -4.26. The number of aryl methyl sites for hydroxylation is 2. The van der Waals surface area contributed by atoms with Crippen LogP contribution in [-0.2, 0) is 23.0 Å². The van der Waals surface area contributed by atoms with Crippen LogP contribution >= 0.6 is 0 Å². The lowest BCUT2D eigenvalue weighted by atomic mass is 9.96. The lowest BCUT2D eigenvalue weighted by Crippen LogP contribution is -2.03. The predicted octanol–water partition coefficient (Wildman–Crippen LogP) is 7.89. The Bertz CT molecular complexity index is 871. The van der Waals surface area contributed by atoms with Crippen LogP contribution in [0.25, 0.3) is 10.8 Å². The molecule has 0 aliphatic heterocycles. The van der Waals surface area contributed by atoms with Crippen molar-refractivity contribution in [3.63, 3.8) is 0 Å². The van der Waals surface area contributed by atoms with E-state index in [0.29, 0.717) is 5.39 Å². The standard InChI is InChI=1S/C26H40O3S/c1-3-5-7-9-11-13-16-22-20-24-19-15-18-23(17-14-12-10-8-6-4-2)26(24)25(21-22)30(27,28)29/h15,18-21H,3-14,16-17H2,1-2H3,(H,27,28,29). The molecule has 0 fully saturated rings. The number of unbranched alkanes of at least 4 members (excludes halogenated alkanes) is 10. The maximum atomic E-state index is 12.2. The van der Waals surface area contributed by atoms with Gasteiger partial charge >= 0.3 is 0 Å². The molecule has 0 aliphatic carbocycles. The average molecular weight is 433 g/mol. The zero-order valence-electron chi connectivity index (χ0n) is 19.0. The van der Waals surface area contributed by atoms with Gasteiger partial charge in [0.25, 0.3) is 10.1 Å². The summed E-state index contributed by atoms with van der Waals surface area (Å²) in [6, 6.07) is 9.81. The summed E-state index contributed by atoms with van der Waals surface area (Å²) in [5.41, 5.74) is 2.03. The molecule has 2 aromatic rings. The Kier molecular flexibility index (Phi) is 10.9. The highest BCUT2D eigenvalue weighted by molar-refractivity contribution is 7.86. The molecule has 168 valence electrons. The Morgan fingerprint density at radius 1 is 0.733 bits per heavy atom. The molecular weight excluding hydrogens is 392 g/mol. The molecule has 0 aliphatic rings. The van der Waals surface area contributed by atoms with Gasteiger partial charge in [-0.1, -0.05) is 102 Å². The lowest BCUT2D eigenvalue weighted by Gasteiger charge is -2.13. The van der Waals surface area contributed by atoms with Crippen LogP contribution in [0.3, 0.4) is 0 Å². The third kappa shape index (κ3) is 8.03. The van der Waals surface area contributed by atoms with Gasteiger partial charge in [0, 0.05) is 5.39 Å². The predicted molar refractivity (Wildman–Crippen MR) is 128 cm³/mol. The molecule has 3 nitrogen and oxygen atoms in total. The molecule has 1 N–H and O–H groups in total. The third-order valence-electron chi connectivity index (χ3n) is 5.98. The SMILES string of the molecule is CCCCCCCCc1cc(S(=O)(=O)O)c2c(CCCCCCCC)cccc2c1. The van der Waals surface area contributed by atoms with E-state index in [2.05, 4.69) is 19.9 Å². The topological polar surface area (TPSA) is 54.4 Å². The van der Waals surface area contributed by atoms with Crippen molar-refractivity contribution in [2.45, 2.75) is 109 Å². The normalized spacial score (nSPS) is 12.0. The van der Waals surface area contributed by atoms with E-state index in [1.54, 1.807) is 6.07 Å². The highest BCUT2D eigenvalue weighted by Crippen LogP contribution is 2.30. The highest BCUT2D eigenvalue weighted by Gasteiger charge is 2.18. The Morgan fingerprint density at radius 3 is 1.90 bits per heavy atom. The van der Waals surface area contributed by atoms with Gasteiger partial charge < -0.3 is 0 Å². The monoisotopic (exact) mass is 432 g/mol. The molecule has 0 amide bonds. The van der Waals surface area contributed by atoms with Crippen molar-refractivity contribution in [3.05, 3.63) is 41.5 Å². The third-order valence-corrected chi connectivity index (χ3v) is 6.86. The number of benzene rings is 2. The van der Waals surface area contributed by atoms with E-state index >= 15 is 0 Å². The summed E-state index contributed by atoms with van der Waals surface area (Å²) in [4.78, 5) is 0.0857. The molecule has 0 radical (unpaired) electrons. The first-order valence-corrected chi connectivity index (χ1v) is 13.4. The molecule has 0 spiro atoms. The van der Waals surface area contributed by atoms with Gasteiger partial charge in [-0.3, -0.25) is 4.55 Å². The van der Waals surface area contributed by atoms with Crippen LogP contribution in [0.4, 0.5) is 0 Å². The zero-order chi connectivity index (χ0) is 21.8. The van der Waals surface area contributed by atoms with Crippen molar-refractivity contribution in [2.75, 3.05) is 0 Å². The van der Waals surface area contributed by atoms with Crippen molar-refractivity contribution < 1.29 is 13.0 Å². The Morgan fingerprint density at radius 2 is 1.30 bits per heavy atom. The minimum absolute atomic E-state index is 0.0857. The van der Waals surface area contributed by atoms with Crippen LogP contribution in [0.1, 0.15) is 102 Å². The Hall–Kier alpha value is -1.39. The molecule has 0 heterocycles. The molecule has 0 bridgehead atoms. The molecule has 4 heteroatoms. The van der Waals surface area contributed by atoms with Crippen molar-refractivity contribution in [1.29, 1.82) is 0 Å². The minimum Gasteiger partial charge on any atom is -0.282 e. The van der Waals surface area contributed by atoms with Gasteiger partial charge in [-0.2, -0.15) is 8.42 Å². The lowest BCUT2D eigenvalue weighted by molar-refractivity contribution is 0.484. The molecule has 0 aromatic heterocycles. The Balaban J connectivity index is 2.15. The molecule has 30 heavy (non-hydrogen) atoms. The van der Waals surface area contributed by atoms with E-state index in [1.165, 1.54) is 51.4 Å². The van der Waals surface area contributed by atoms with E-state index in [4.69, 9.17) is 0 Å². The van der Waals surface area contributed by atoms with Crippen molar-refractivity contribution in [2.24, 2.45) is 0 Å². The summed E-state index contributed by atoms with van der Waals surface area (Å²) in [6.45, 7) is 4.43. The second kappa shape index (κ2) is 13.1. The van der Waals surface area contributed by atoms with E-state index in [9.17, 15) is 13.0 Å². The maximum Gasteiger partial charge on any atom is 0.295 e. The molecule has 2 rings (SSSR count). The summed E-state index contributed by atoms with van der Waals surface area (Å²) >= 11 is 0. The quantitative estimate of drug-likeness (QED) is 0.230. The van der Waals surface area contributed by atoms with Gasteiger partial charge in [-0.05, 0) is 48.3 Å². The van der Waals surface area contributed by atoms with Gasteiger partial charge in [-0.15, -0.1) is 0 Å². The number of hydrogen-bond acceptors (Lipinski definition) is 2. The molecule has 0 saturated heterocycles. The minimum atomic E-state index is -4.26. The van der Waals surface area contributed by atoms with Crippen molar-refractivity contribution in [1.82, 2.24) is 0 Å².